The highest BCUT2D eigenvalue weighted by molar-refractivity contribution is 7.93. The summed E-state index contributed by atoms with van der Waals surface area (Å²) in [6.45, 7) is 31.6. The minimum atomic E-state index is -2.36. The largest absolute Gasteiger partial charge is 0.456 e. The fourth-order valence-corrected chi connectivity index (χ4v) is 17.7. The van der Waals surface area contributed by atoms with E-state index >= 15 is 0 Å². The lowest BCUT2D eigenvalue weighted by molar-refractivity contribution is 0.00332. The van der Waals surface area contributed by atoms with E-state index in [1.165, 1.54) is 0 Å². The maximum atomic E-state index is 12.6. The van der Waals surface area contributed by atoms with E-state index in [0.29, 0.717) is 112 Å². The third kappa shape index (κ3) is 19.1. The highest BCUT2D eigenvalue weighted by Crippen LogP contribution is 2.39. The number of ether oxygens (including phenoxy) is 12. The van der Waals surface area contributed by atoms with Crippen LogP contribution in [0.1, 0.15) is 0 Å². The molecule has 14 heterocycles. The molecule has 38 heteroatoms. The number of hydrogen-bond acceptors (Lipinski definition) is 27. The summed E-state index contributed by atoms with van der Waals surface area (Å²) < 4.78 is 93.3. The van der Waals surface area contributed by atoms with Gasteiger partial charge in [0.2, 0.25) is 0 Å². The van der Waals surface area contributed by atoms with Gasteiger partial charge in [-0.2, -0.15) is 15.0 Å². The van der Waals surface area contributed by atoms with Gasteiger partial charge < -0.3 is 92.2 Å². The van der Waals surface area contributed by atoms with Crippen LogP contribution >= 0.6 is 46.4 Å². The molecule has 8 saturated heterocycles. The van der Waals surface area contributed by atoms with Crippen LogP contribution in [0.15, 0.2) is 51.7 Å². The number of aliphatic hydroxyl groups is 3. The molecule has 0 saturated carbocycles. The summed E-state index contributed by atoms with van der Waals surface area (Å²) >= 11 is 25.7. The van der Waals surface area contributed by atoms with Gasteiger partial charge >= 0.3 is 18.0 Å². The molecule has 15 rings (SSSR count). The number of fused-ring (bicyclic) bond motifs is 6. The maximum Gasteiger partial charge on any atom is 0.301 e. The summed E-state index contributed by atoms with van der Waals surface area (Å²) in [5.41, 5.74) is 4.73. The number of rotatable bonds is 25. The predicted octanol–water partition coefficient (Wildman–Crippen LogP) is 8.38. The normalized spacial score (nSPS) is 26.3. The minimum Gasteiger partial charge on any atom is -0.456 e. The molecular formula is C70H102Cl4N14O16SSi3. The molecule has 8 aliphatic heterocycles. The van der Waals surface area contributed by atoms with Crippen molar-refractivity contribution in [3.8, 4) is 18.0 Å². The van der Waals surface area contributed by atoms with Crippen molar-refractivity contribution in [1.82, 2.24) is 48.9 Å². The number of aromatic nitrogens is 9. The van der Waals surface area contributed by atoms with E-state index in [4.69, 9.17) is 123 Å². The van der Waals surface area contributed by atoms with Crippen LogP contribution in [0.2, 0.25) is 97.3 Å². The fraction of sp³-hybridized carbons (Fsp3) is 0.657. The molecule has 30 nitrogen and oxygen atoms in total. The van der Waals surface area contributed by atoms with Crippen LogP contribution in [0.5, 0.6) is 18.0 Å². The van der Waals surface area contributed by atoms with Gasteiger partial charge in [0.25, 0.3) is 0 Å². The first-order valence-electron chi connectivity index (χ1n) is 36.9. The van der Waals surface area contributed by atoms with Crippen molar-refractivity contribution in [2.24, 2.45) is 4.36 Å². The molecule has 0 radical (unpaired) electrons. The van der Waals surface area contributed by atoms with E-state index < -0.39 is 64.5 Å². The standard InChI is InChI=1S/C30H43ClN6O6SSi.C22H34ClN5O5Si.C18H25Cl2N3O5Si/c1-32-44(2,39)21-8-6-20(7-9-21)35-10-12-36(13-11-35)28-22(31)16-23-29(34-28)37(19-40-14-15-45(3,4)5)30(33-23)43-25-18-42-26-24(38)17-41-27(25)26;1-34(2,3)9-8-30-13-28-21-15(10-14(23)20(26-21)27-6-4-24-5-7-27)25-22(28)33-17-12-32-18-16(29)11-31-19(17)18;1-29(2,3)5-4-25-9-23-17-11(6-10(19)16(20)22-17)21-18(23)28-13-8-27-14-12(24)7-26-15(13)14/h6-9,16,24-27,38H,10-15,17-19H2,1-5H3;10,16-19,24,29H,4-9,11-13H2,1-3H3;6,12-15,24H,4-5,7-9H2,1-3H3/t24-,25-,26-,27-,44?;16-,17-,18-,19-;12-,13-,14-,15-/m111/s1. The quantitative estimate of drug-likeness (QED) is 0.0237. The Balaban J connectivity index is 0.000000147. The highest BCUT2D eigenvalue weighted by atomic mass is 35.5. The molecular weight excluding hydrogens is 1550 g/mol. The van der Waals surface area contributed by atoms with Crippen molar-refractivity contribution in [2.45, 2.75) is 175 Å². The van der Waals surface area contributed by atoms with Crippen LogP contribution in [0.4, 0.5) is 17.3 Å². The van der Waals surface area contributed by atoms with Gasteiger partial charge in [0, 0.05) is 120 Å². The molecule has 0 bridgehead atoms. The summed E-state index contributed by atoms with van der Waals surface area (Å²) in [4.78, 5) is 35.7. The van der Waals surface area contributed by atoms with Crippen LogP contribution in [0.3, 0.4) is 0 Å². The zero-order chi connectivity index (χ0) is 76.6. The molecule has 1 unspecified atom stereocenters. The average Bonchev–Trinajstić information content (AvgIpc) is 1.59. The lowest BCUT2D eigenvalue weighted by Crippen LogP contribution is -2.47. The van der Waals surface area contributed by atoms with Crippen molar-refractivity contribution in [3.05, 3.63) is 62.7 Å². The van der Waals surface area contributed by atoms with Crippen LogP contribution < -0.4 is 34.2 Å². The second-order valence-corrected chi connectivity index (χ2v) is 52.9. The second kappa shape index (κ2) is 34.4. The van der Waals surface area contributed by atoms with E-state index in [-0.39, 0.29) is 87.9 Å². The predicted molar refractivity (Wildman–Crippen MR) is 421 cm³/mol. The number of nitrogens with zero attached hydrogens (tertiary/aromatic N) is 13. The number of benzene rings is 1. The van der Waals surface area contributed by atoms with Crippen LogP contribution in [0.25, 0.3) is 33.5 Å². The highest BCUT2D eigenvalue weighted by Gasteiger charge is 2.51. The van der Waals surface area contributed by atoms with Gasteiger partial charge in [-0.05, 0) is 60.6 Å². The Morgan fingerprint density at radius 1 is 0.481 bits per heavy atom. The number of anilines is 3. The Bertz CT molecular complexity index is 4380. The summed E-state index contributed by atoms with van der Waals surface area (Å²) in [5, 5.41) is 35.2. The van der Waals surface area contributed by atoms with Gasteiger partial charge in [-0.25, -0.2) is 23.5 Å². The van der Waals surface area contributed by atoms with Crippen molar-refractivity contribution in [3.63, 3.8) is 0 Å². The number of piperazine rings is 2. The molecule has 108 heavy (non-hydrogen) atoms. The zero-order valence-electron chi connectivity index (χ0n) is 63.1. The lowest BCUT2D eigenvalue weighted by Gasteiger charge is -2.37. The van der Waals surface area contributed by atoms with Crippen LogP contribution in [-0.4, -0.2) is 286 Å². The number of hydrogen-bond donors (Lipinski definition) is 4. The first-order valence-corrected chi connectivity index (χ1v) is 51.5. The van der Waals surface area contributed by atoms with Gasteiger partial charge in [0.05, 0.1) is 64.4 Å². The maximum absolute atomic E-state index is 12.6. The van der Waals surface area contributed by atoms with E-state index in [0.717, 1.165) is 86.9 Å². The molecule has 0 spiro atoms. The third-order valence-corrected chi connectivity index (χ3v) is 28.4. The Labute approximate surface area is 652 Å². The van der Waals surface area contributed by atoms with Crippen molar-refractivity contribution < 1.29 is 76.4 Å². The fourth-order valence-electron chi connectivity index (χ4n) is 13.7. The number of aliphatic hydroxyl groups excluding tert-OH is 3. The topological polar surface area (TPSA) is 315 Å². The van der Waals surface area contributed by atoms with E-state index in [1.54, 1.807) is 23.9 Å². The summed E-state index contributed by atoms with van der Waals surface area (Å²) in [6.07, 6.45) is -3.66. The number of nitrogens with one attached hydrogen (secondary N) is 1. The molecule has 13 atom stereocenters. The van der Waals surface area contributed by atoms with E-state index in [2.05, 4.69) is 93.3 Å². The Morgan fingerprint density at radius 2 is 0.824 bits per heavy atom. The Hall–Kier alpha value is -4.88. The molecule has 8 aliphatic rings. The molecule has 0 amide bonds. The summed E-state index contributed by atoms with van der Waals surface area (Å²) in [6, 6.07) is 17.4. The molecule has 0 aliphatic carbocycles. The molecule has 594 valence electrons. The number of imidazole rings is 3. The monoisotopic (exact) mass is 1650 g/mol. The first kappa shape index (κ1) is 81.1. The van der Waals surface area contributed by atoms with Gasteiger partial charge in [0.15, 0.2) is 35.3 Å². The van der Waals surface area contributed by atoms with Gasteiger partial charge in [0.1, 0.15) is 108 Å². The third-order valence-electron chi connectivity index (χ3n) is 20.2. The Kier molecular flexibility index (Phi) is 25.9. The first-order chi connectivity index (χ1) is 51.5. The van der Waals surface area contributed by atoms with Crippen molar-refractivity contribution in [2.75, 3.05) is 140 Å². The summed E-state index contributed by atoms with van der Waals surface area (Å²) in [7, 11) is -4.48. The molecule has 4 N–H and O–H groups in total. The molecule has 1 aromatic carbocycles. The van der Waals surface area contributed by atoms with Gasteiger partial charge in [-0.1, -0.05) is 105 Å². The van der Waals surface area contributed by atoms with Crippen molar-refractivity contribution in [1.29, 1.82) is 0 Å². The van der Waals surface area contributed by atoms with Crippen LogP contribution in [0, 0.1) is 0 Å². The van der Waals surface area contributed by atoms with Gasteiger partial charge in [-0.15, -0.1) is 0 Å². The lowest BCUT2D eigenvalue weighted by atomic mass is 10.1. The molecule has 7 aromatic rings. The second-order valence-electron chi connectivity index (χ2n) is 32.0. The summed E-state index contributed by atoms with van der Waals surface area (Å²) in [5.74, 6) is 1.44. The van der Waals surface area contributed by atoms with E-state index in [1.807, 2.05) is 45.5 Å². The van der Waals surface area contributed by atoms with Crippen LogP contribution in [-0.2, 0) is 72.6 Å². The molecule has 8 fully saturated rings. The SMILES string of the molecule is CN=S(C)(=O)c1ccc(N2CCN(c3nc4c(cc3Cl)nc(O[C@@H]3CO[C@H]5[C@@H]3OC[C@H]5O)n4COCC[Si](C)(C)C)CC2)cc1.C[Si](C)(C)CCOCn1c(O[C@@H]2CO[C@H]3[C@@H]2OC[C@H]3O)nc2cc(Cl)c(Cl)nc21.C[Si](C)(C)CCOCn1c(O[C@@H]2CO[C@H]3[C@@H]2OC[C@H]3O)nc2cc(Cl)c(N3CCNCC3)nc21. The Morgan fingerprint density at radius 3 is 1.19 bits per heavy atom. The minimum absolute atomic E-state index is 0.195. The number of pyridine rings is 3. The zero-order valence-corrected chi connectivity index (χ0v) is 70.0. The smallest absolute Gasteiger partial charge is 0.301 e. The average molecular weight is 1650 g/mol. The number of halogens is 4. The van der Waals surface area contributed by atoms with Gasteiger partial charge in [-0.3, -0.25) is 13.7 Å². The van der Waals surface area contributed by atoms with E-state index in [9.17, 15) is 19.5 Å². The molecule has 6 aromatic heterocycles. The van der Waals surface area contributed by atoms with Crippen molar-refractivity contribution >= 4 is 131 Å².